The molecule has 0 aliphatic rings. The van der Waals surface area contributed by atoms with Gasteiger partial charge in [0.1, 0.15) is 16.3 Å². The van der Waals surface area contributed by atoms with Crippen molar-refractivity contribution >= 4 is 18.0 Å². The Labute approximate surface area is 95.6 Å². The molecule has 0 saturated heterocycles. The Morgan fingerprint density at radius 3 is 3.00 bits per heavy atom. The van der Waals surface area contributed by atoms with Gasteiger partial charge in [0.2, 0.25) is 0 Å². The Hall–Kier alpha value is -1.16. The minimum atomic E-state index is 0.567. The number of hydrogen-bond acceptors (Lipinski definition) is 3. The van der Waals surface area contributed by atoms with Crippen molar-refractivity contribution in [2.45, 2.75) is 20.3 Å². The van der Waals surface area contributed by atoms with E-state index in [0.29, 0.717) is 10.6 Å². The van der Waals surface area contributed by atoms with E-state index in [9.17, 15) is 0 Å². The average molecular weight is 223 g/mol. The molecule has 0 aliphatic heterocycles. The Morgan fingerprint density at radius 1 is 1.67 bits per heavy atom. The van der Waals surface area contributed by atoms with Gasteiger partial charge in [-0.3, -0.25) is 0 Å². The first-order chi connectivity index (χ1) is 7.11. The molecule has 0 unspecified atom stereocenters. The molecule has 0 aromatic carbocycles. The summed E-state index contributed by atoms with van der Waals surface area (Å²) in [5, 5.41) is 3.17. The van der Waals surface area contributed by atoms with Crippen molar-refractivity contribution in [1.82, 2.24) is 9.97 Å². The standard InChI is InChI=1S/C11H17N3S/c1-4-5-12-9-7-11(15)14-10(13-9)6-8(2)3/h4,7-8H,1,5-6H2,2-3H3,(H2,12,13,14,15). The van der Waals surface area contributed by atoms with Gasteiger partial charge in [0.25, 0.3) is 0 Å². The topological polar surface area (TPSA) is 40.7 Å². The molecule has 1 aromatic heterocycles. The van der Waals surface area contributed by atoms with Crippen LogP contribution in [0.4, 0.5) is 5.82 Å². The first kappa shape index (κ1) is 11.9. The van der Waals surface area contributed by atoms with Gasteiger partial charge < -0.3 is 10.3 Å². The highest BCUT2D eigenvalue weighted by Gasteiger charge is 2.01. The lowest BCUT2D eigenvalue weighted by atomic mass is 10.1. The van der Waals surface area contributed by atoms with Gasteiger partial charge in [-0.25, -0.2) is 4.98 Å². The van der Waals surface area contributed by atoms with Gasteiger partial charge in [-0.15, -0.1) is 6.58 Å². The number of nitrogens with zero attached hydrogens (tertiary/aromatic N) is 1. The zero-order chi connectivity index (χ0) is 11.3. The zero-order valence-electron chi connectivity index (χ0n) is 9.21. The summed E-state index contributed by atoms with van der Waals surface area (Å²) in [5.41, 5.74) is 0. The summed E-state index contributed by atoms with van der Waals surface area (Å²) in [7, 11) is 0. The maximum Gasteiger partial charge on any atom is 0.131 e. The second kappa shape index (κ2) is 5.66. The van der Waals surface area contributed by atoms with E-state index in [0.717, 1.165) is 24.6 Å². The van der Waals surface area contributed by atoms with Crippen LogP contribution in [0.1, 0.15) is 19.7 Å². The first-order valence-corrected chi connectivity index (χ1v) is 5.47. The summed E-state index contributed by atoms with van der Waals surface area (Å²) in [6.45, 7) is 8.68. The van der Waals surface area contributed by atoms with Gasteiger partial charge in [-0.1, -0.05) is 32.1 Å². The van der Waals surface area contributed by atoms with Crippen LogP contribution in [-0.2, 0) is 6.42 Å². The van der Waals surface area contributed by atoms with Gasteiger partial charge >= 0.3 is 0 Å². The molecule has 0 saturated carbocycles. The van der Waals surface area contributed by atoms with Crippen LogP contribution in [0.5, 0.6) is 0 Å². The monoisotopic (exact) mass is 223 g/mol. The van der Waals surface area contributed by atoms with Gasteiger partial charge in [0, 0.05) is 19.0 Å². The molecule has 0 bridgehead atoms. The molecule has 4 heteroatoms. The van der Waals surface area contributed by atoms with Crippen LogP contribution in [0.2, 0.25) is 0 Å². The fourth-order valence-electron chi connectivity index (χ4n) is 1.27. The lowest BCUT2D eigenvalue weighted by Gasteiger charge is -2.08. The maximum absolute atomic E-state index is 5.09. The summed E-state index contributed by atoms with van der Waals surface area (Å²) >= 11 is 5.09. The van der Waals surface area contributed by atoms with E-state index in [2.05, 4.69) is 35.7 Å². The SMILES string of the molecule is C=CCNc1cc(=S)nc(CC(C)C)[nH]1. The summed E-state index contributed by atoms with van der Waals surface area (Å²) < 4.78 is 0.621. The van der Waals surface area contributed by atoms with E-state index >= 15 is 0 Å². The smallest absolute Gasteiger partial charge is 0.131 e. The number of hydrogen-bond donors (Lipinski definition) is 2. The highest BCUT2D eigenvalue weighted by Crippen LogP contribution is 2.07. The Balaban J connectivity index is 2.84. The lowest BCUT2D eigenvalue weighted by molar-refractivity contribution is 0.620. The molecule has 1 aromatic rings. The van der Waals surface area contributed by atoms with E-state index in [1.165, 1.54) is 0 Å². The van der Waals surface area contributed by atoms with E-state index in [-0.39, 0.29) is 0 Å². The molecule has 3 nitrogen and oxygen atoms in total. The summed E-state index contributed by atoms with van der Waals surface area (Å²) in [4.78, 5) is 7.49. The predicted octanol–water partition coefficient (Wildman–Crippen LogP) is 2.94. The largest absolute Gasteiger partial charge is 0.368 e. The number of H-pyrrole nitrogens is 1. The number of nitrogens with one attached hydrogen (secondary N) is 2. The number of aromatic nitrogens is 2. The molecule has 0 fully saturated rings. The summed E-state index contributed by atoms with van der Waals surface area (Å²) in [5.74, 6) is 2.41. The zero-order valence-corrected chi connectivity index (χ0v) is 10.0. The summed E-state index contributed by atoms with van der Waals surface area (Å²) in [6, 6.07) is 1.82. The molecule has 0 amide bonds. The molecule has 0 aliphatic carbocycles. The van der Waals surface area contributed by atoms with Crippen LogP contribution in [-0.4, -0.2) is 16.5 Å². The highest BCUT2D eigenvalue weighted by atomic mass is 32.1. The molecule has 1 rings (SSSR count). The van der Waals surface area contributed by atoms with Crippen LogP contribution >= 0.6 is 12.2 Å². The molecule has 2 N–H and O–H groups in total. The fourth-order valence-corrected chi connectivity index (χ4v) is 1.50. The normalized spacial score (nSPS) is 10.3. The predicted molar refractivity (Wildman–Crippen MR) is 66.7 cm³/mol. The van der Waals surface area contributed by atoms with Gasteiger partial charge in [-0.05, 0) is 5.92 Å². The van der Waals surface area contributed by atoms with Crippen molar-refractivity contribution in [3.63, 3.8) is 0 Å². The highest BCUT2D eigenvalue weighted by molar-refractivity contribution is 7.71. The van der Waals surface area contributed by atoms with Crippen LogP contribution < -0.4 is 5.32 Å². The Kier molecular flexibility index (Phi) is 4.49. The number of rotatable bonds is 5. The fraction of sp³-hybridized carbons (Fsp3) is 0.455. The third kappa shape index (κ3) is 4.25. The lowest BCUT2D eigenvalue weighted by Crippen LogP contribution is -2.06. The third-order valence-corrected chi connectivity index (χ3v) is 2.04. The molecule has 0 spiro atoms. The average Bonchev–Trinajstić information content (AvgIpc) is 2.12. The van der Waals surface area contributed by atoms with Crippen molar-refractivity contribution in [2.75, 3.05) is 11.9 Å². The maximum atomic E-state index is 5.09. The van der Waals surface area contributed by atoms with E-state index in [1.54, 1.807) is 6.08 Å². The van der Waals surface area contributed by atoms with E-state index in [1.807, 2.05) is 6.07 Å². The van der Waals surface area contributed by atoms with Crippen LogP contribution in [0, 0.1) is 10.6 Å². The van der Waals surface area contributed by atoms with Crippen LogP contribution in [0.25, 0.3) is 0 Å². The first-order valence-electron chi connectivity index (χ1n) is 5.07. The third-order valence-electron chi connectivity index (χ3n) is 1.83. The molecule has 0 atom stereocenters. The van der Waals surface area contributed by atoms with Crippen molar-refractivity contribution < 1.29 is 0 Å². The second-order valence-corrected chi connectivity index (χ2v) is 4.27. The van der Waals surface area contributed by atoms with Crippen LogP contribution in [0.3, 0.4) is 0 Å². The van der Waals surface area contributed by atoms with Crippen molar-refractivity contribution in [2.24, 2.45) is 5.92 Å². The molecule has 15 heavy (non-hydrogen) atoms. The van der Waals surface area contributed by atoms with Crippen molar-refractivity contribution in [3.8, 4) is 0 Å². The minimum Gasteiger partial charge on any atom is -0.368 e. The quantitative estimate of drug-likeness (QED) is 0.595. The molecular weight excluding hydrogens is 206 g/mol. The second-order valence-electron chi connectivity index (χ2n) is 3.85. The summed E-state index contributed by atoms with van der Waals surface area (Å²) in [6.07, 6.45) is 2.71. The van der Waals surface area contributed by atoms with Crippen LogP contribution in [0.15, 0.2) is 18.7 Å². The van der Waals surface area contributed by atoms with Gasteiger partial charge in [-0.2, -0.15) is 0 Å². The van der Waals surface area contributed by atoms with Crippen molar-refractivity contribution in [1.29, 1.82) is 0 Å². The molecular formula is C11H17N3S. The van der Waals surface area contributed by atoms with E-state index in [4.69, 9.17) is 12.2 Å². The van der Waals surface area contributed by atoms with Crippen molar-refractivity contribution in [3.05, 3.63) is 29.2 Å². The van der Waals surface area contributed by atoms with E-state index < -0.39 is 0 Å². The molecule has 0 radical (unpaired) electrons. The number of aromatic amines is 1. The van der Waals surface area contributed by atoms with Gasteiger partial charge in [0.15, 0.2) is 0 Å². The molecule has 82 valence electrons. The minimum absolute atomic E-state index is 0.567. The number of anilines is 1. The Morgan fingerprint density at radius 2 is 2.40 bits per heavy atom. The molecule has 1 heterocycles. The van der Waals surface area contributed by atoms with Gasteiger partial charge in [0.05, 0.1) is 0 Å². The Bertz CT molecular complexity index is 382.